The minimum absolute atomic E-state index is 0.548. The highest BCUT2D eigenvalue weighted by molar-refractivity contribution is 5.62. The zero-order chi connectivity index (χ0) is 19.6. The standard InChI is InChI=1S/C22H26N6O/c1-16-24-15-21(28(16)19-3-2-4-19)20-9-10-23-22(26-20)25-17-5-7-18(8-6-17)27-11-13-29-14-12-27/h5-10,15,19H,2-4,11-14H2,1H3,(H,23,25,26). The van der Waals surface area contributed by atoms with Gasteiger partial charge < -0.3 is 19.5 Å². The fourth-order valence-corrected chi connectivity index (χ4v) is 4.02. The van der Waals surface area contributed by atoms with E-state index in [2.05, 4.69) is 55.9 Å². The number of nitrogens with one attached hydrogen (secondary N) is 1. The maximum absolute atomic E-state index is 5.43. The third-order valence-electron chi connectivity index (χ3n) is 5.84. The minimum Gasteiger partial charge on any atom is -0.378 e. The lowest BCUT2D eigenvalue weighted by atomic mass is 9.92. The lowest BCUT2D eigenvalue weighted by Gasteiger charge is -2.29. The zero-order valence-electron chi connectivity index (χ0n) is 16.7. The Morgan fingerprint density at radius 3 is 2.55 bits per heavy atom. The first kappa shape index (κ1) is 18.1. The van der Waals surface area contributed by atoms with Crippen LogP contribution in [-0.2, 0) is 4.74 Å². The van der Waals surface area contributed by atoms with Crippen molar-refractivity contribution in [1.82, 2.24) is 19.5 Å². The van der Waals surface area contributed by atoms with Crippen LogP contribution in [0.2, 0.25) is 0 Å². The van der Waals surface area contributed by atoms with Gasteiger partial charge in [0.25, 0.3) is 0 Å². The molecule has 0 atom stereocenters. The molecule has 1 saturated heterocycles. The Labute approximate surface area is 170 Å². The number of benzene rings is 1. The summed E-state index contributed by atoms with van der Waals surface area (Å²) in [7, 11) is 0. The molecule has 0 unspecified atom stereocenters. The summed E-state index contributed by atoms with van der Waals surface area (Å²) in [6.45, 7) is 5.52. The SMILES string of the molecule is Cc1ncc(-c2ccnc(Nc3ccc(N4CCOCC4)cc3)n2)n1C1CCC1. The molecule has 1 aliphatic heterocycles. The largest absolute Gasteiger partial charge is 0.378 e. The minimum atomic E-state index is 0.548. The third kappa shape index (κ3) is 3.70. The Morgan fingerprint density at radius 1 is 1.03 bits per heavy atom. The Bertz CT molecular complexity index is 973. The number of hydrogen-bond donors (Lipinski definition) is 1. The monoisotopic (exact) mass is 390 g/mol. The van der Waals surface area contributed by atoms with Gasteiger partial charge >= 0.3 is 0 Å². The van der Waals surface area contributed by atoms with Crippen LogP contribution < -0.4 is 10.2 Å². The highest BCUT2D eigenvalue weighted by Crippen LogP contribution is 2.36. The van der Waals surface area contributed by atoms with Gasteiger partial charge in [-0.3, -0.25) is 0 Å². The van der Waals surface area contributed by atoms with E-state index in [0.29, 0.717) is 12.0 Å². The molecule has 2 aromatic heterocycles. The molecule has 0 amide bonds. The molecule has 7 heteroatoms. The van der Waals surface area contributed by atoms with Crippen LogP contribution in [0.1, 0.15) is 31.1 Å². The lowest BCUT2D eigenvalue weighted by Crippen LogP contribution is -2.36. The van der Waals surface area contributed by atoms with E-state index in [0.717, 1.165) is 49.2 Å². The second-order valence-electron chi connectivity index (χ2n) is 7.68. The van der Waals surface area contributed by atoms with Crippen molar-refractivity contribution in [2.45, 2.75) is 32.2 Å². The molecule has 5 rings (SSSR count). The molecule has 0 radical (unpaired) electrons. The number of imidazole rings is 1. The number of hydrogen-bond acceptors (Lipinski definition) is 6. The van der Waals surface area contributed by atoms with Gasteiger partial charge in [-0.05, 0) is 56.5 Å². The summed E-state index contributed by atoms with van der Waals surface area (Å²) in [6, 6.07) is 10.9. The number of nitrogens with zero attached hydrogens (tertiary/aromatic N) is 5. The topological polar surface area (TPSA) is 68.1 Å². The second kappa shape index (κ2) is 7.83. The fourth-order valence-electron chi connectivity index (χ4n) is 4.02. The molecular weight excluding hydrogens is 364 g/mol. The molecule has 1 N–H and O–H groups in total. The van der Waals surface area contributed by atoms with Crippen molar-refractivity contribution in [3.63, 3.8) is 0 Å². The lowest BCUT2D eigenvalue weighted by molar-refractivity contribution is 0.122. The second-order valence-corrected chi connectivity index (χ2v) is 7.68. The first-order chi connectivity index (χ1) is 14.3. The molecule has 1 saturated carbocycles. The van der Waals surface area contributed by atoms with Crippen LogP contribution in [0, 0.1) is 6.92 Å². The van der Waals surface area contributed by atoms with Crippen molar-refractivity contribution < 1.29 is 4.74 Å². The summed E-state index contributed by atoms with van der Waals surface area (Å²) in [5, 5.41) is 3.33. The van der Waals surface area contributed by atoms with Crippen molar-refractivity contribution in [3.05, 3.63) is 48.5 Å². The van der Waals surface area contributed by atoms with Crippen molar-refractivity contribution in [3.8, 4) is 11.4 Å². The van der Waals surface area contributed by atoms with Crippen LogP contribution in [0.5, 0.6) is 0 Å². The number of morpholine rings is 1. The maximum Gasteiger partial charge on any atom is 0.227 e. The van der Waals surface area contributed by atoms with Crippen LogP contribution in [-0.4, -0.2) is 45.8 Å². The van der Waals surface area contributed by atoms with E-state index in [1.54, 1.807) is 6.20 Å². The van der Waals surface area contributed by atoms with Crippen LogP contribution in [0.25, 0.3) is 11.4 Å². The Morgan fingerprint density at radius 2 is 1.83 bits per heavy atom. The third-order valence-corrected chi connectivity index (χ3v) is 5.84. The zero-order valence-corrected chi connectivity index (χ0v) is 16.7. The predicted octanol–water partition coefficient (Wildman–Crippen LogP) is 3.95. The summed E-state index contributed by atoms with van der Waals surface area (Å²) < 4.78 is 7.76. The van der Waals surface area contributed by atoms with E-state index in [4.69, 9.17) is 9.72 Å². The average Bonchev–Trinajstić information content (AvgIpc) is 3.09. The van der Waals surface area contributed by atoms with Crippen LogP contribution in [0.4, 0.5) is 17.3 Å². The van der Waals surface area contributed by atoms with E-state index < -0.39 is 0 Å². The molecule has 2 aliphatic rings. The van der Waals surface area contributed by atoms with Gasteiger partial charge in [0.15, 0.2) is 0 Å². The molecule has 1 aliphatic carbocycles. The number of rotatable bonds is 5. The molecule has 1 aromatic carbocycles. The van der Waals surface area contributed by atoms with Gasteiger partial charge in [0.05, 0.1) is 30.8 Å². The normalized spacial score (nSPS) is 17.2. The highest BCUT2D eigenvalue weighted by Gasteiger charge is 2.24. The van der Waals surface area contributed by atoms with Gasteiger partial charge in [-0.2, -0.15) is 0 Å². The number of anilines is 3. The quantitative estimate of drug-likeness (QED) is 0.711. The van der Waals surface area contributed by atoms with Gasteiger partial charge in [0.1, 0.15) is 5.82 Å². The van der Waals surface area contributed by atoms with Crippen LogP contribution in [0.15, 0.2) is 42.7 Å². The van der Waals surface area contributed by atoms with E-state index in [9.17, 15) is 0 Å². The van der Waals surface area contributed by atoms with Crippen molar-refractivity contribution >= 4 is 17.3 Å². The summed E-state index contributed by atoms with van der Waals surface area (Å²) >= 11 is 0. The number of ether oxygens (including phenoxy) is 1. The van der Waals surface area contributed by atoms with Crippen molar-refractivity contribution in [2.24, 2.45) is 0 Å². The van der Waals surface area contributed by atoms with Crippen molar-refractivity contribution in [2.75, 3.05) is 36.5 Å². The molecule has 2 fully saturated rings. The Balaban J connectivity index is 1.34. The summed E-state index contributed by atoms with van der Waals surface area (Å²) in [5.74, 6) is 1.65. The van der Waals surface area contributed by atoms with Gasteiger partial charge in [0, 0.05) is 36.7 Å². The summed E-state index contributed by atoms with van der Waals surface area (Å²) in [5.41, 5.74) is 4.16. The molecule has 3 aromatic rings. The first-order valence-electron chi connectivity index (χ1n) is 10.3. The molecule has 29 heavy (non-hydrogen) atoms. The van der Waals surface area contributed by atoms with E-state index >= 15 is 0 Å². The number of aryl methyl sites for hydroxylation is 1. The molecular formula is C22H26N6O. The molecule has 3 heterocycles. The smallest absolute Gasteiger partial charge is 0.227 e. The fraction of sp³-hybridized carbons (Fsp3) is 0.409. The van der Waals surface area contributed by atoms with Crippen LogP contribution in [0.3, 0.4) is 0 Å². The van der Waals surface area contributed by atoms with Crippen LogP contribution >= 0.6 is 0 Å². The number of aromatic nitrogens is 4. The molecule has 0 bridgehead atoms. The summed E-state index contributed by atoms with van der Waals surface area (Å²) in [4.78, 5) is 16.0. The molecule has 0 spiro atoms. The Hall–Kier alpha value is -2.93. The van der Waals surface area contributed by atoms with Gasteiger partial charge in [0.2, 0.25) is 5.95 Å². The van der Waals surface area contributed by atoms with Gasteiger partial charge in [-0.15, -0.1) is 0 Å². The Kier molecular flexibility index (Phi) is 4.89. The van der Waals surface area contributed by atoms with Gasteiger partial charge in [-0.25, -0.2) is 15.0 Å². The maximum atomic E-state index is 5.43. The first-order valence-corrected chi connectivity index (χ1v) is 10.3. The van der Waals surface area contributed by atoms with Gasteiger partial charge in [-0.1, -0.05) is 0 Å². The summed E-state index contributed by atoms with van der Waals surface area (Å²) in [6.07, 6.45) is 7.46. The average molecular weight is 390 g/mol. The predicted molar refractivity (Wildman–Crippen MR) is 114 cm³/mol. The van der Waals surface area contributed by atoms with Crippen molar-refractivity contribution in [1.29, 1.82) is 0 Å². The highest BCUT2D eigenvalue weighted by atomic mass is 16.5. The molecule has 7 nitrogen and oxygen atoms in total. The van der Waals surface area contributed by atoms with E-state index in [1.165, 1.54) is 24.9 Å². The molecule has 150 valence electrons. The van der Waals surface area contributed by atoms with E-state index in [1.807, 2.05) is 12.3 Å². The van der Waals surface area contributed by atoms with E-state index in [-0.39, 0.29) is 0 Å².